The second-order valence-electron chi connectivity index (χ2n) is 12.8. The molecule has 7 atom stereocenters. The van der Waals surface area contributed by atoms with E-state index >= 15 is 0 Å². The molecule has 4 unspecified atom stereocenters. The van der Waals surface area contributed by atoms with Crippen LogP contribution in [-0.2, 0) is 19.1 Å². The topological polar surface area (TPSA) is 155 Å². The van der Waals surface area contributed by atoms with Crippen molar-refractivity contribution in [2.75, 3.05) is 23.4 Å². The van der Waals surface area contributed by atoms with E-state index in [-0.39, 0.29) is 70.5 Å². The monoisotopic (exact) mass is 775 g/mol. The Morgan fingerprint density at radius 3 is 2.44 bits per heavy atom. The number of aromatic amines is 1. The minimum absolute atomic E-state index is 0.0449. The van der Waals surface area contributed by atoms with E-state index in [0.717, 1.165) is 31.3 Å². The van der Waals surface area contributed by atoms with Gasteiger partial charge in [0.05, 0.1) is 34.7 Å². The molecule has 14 heteroatoms. The van der Waals surface area contributed by atoms with Gasteiger partial charge in [0.2, 0.25) is 11.8 Å². The number of ether oxygens (including phenoxy) is 2. The molecule has 256 valence electrons. The number of esters is 1. The van der Waals surface area contributed by atoms with E-state index in [0.29, 0.717) is 29.1 Å². The molecular formula is C36H30BrN3O8S2. The first-order valence-corrected chi connectivity index (χ1v) is 18.7. The zero-order chi connectivity index (χ0) is 34.8. The minimum atomic E-state index is -0.522. The van der Waals surface area contributed by atoms with Crippen molar-refractivity contribution in [3.63, 3.8) is 0 Å². The molecular weight excluding hydrogens is 746 g/mol. The van der Waals surface area contributed by atoms with E-state index < -0.39 is 17.8 Å². The second kappa shape index (κ2) is 12.7. The summed E-state index contributed by atoms with van der Waals surface area (Å²) in [5.41, 5.74) is 2.06. The Morgan fingerprint density at radius 1 is 1.00 bits per heavy atom. The van der Waals surface area contributed by atoms with Gasteiger partial charge in [0.25, 0.3) is 5.91 Å². The van der Waals surface area contributed by atoms with E-state index in [9.17, 15) is 29.1 Å². The van der Waals surface area contributed by atoms with E-state index in [1.807, 2.05) is 12.1 Å². The van der Waals surface area contributed by atoms with Crippen LogP contribution in [0.2, 0.25) is 0 Å². The number of nitrogens with zero attached hydrogens (tertiary/aromatic N) is 1. The van der Waals surface area contributed by atoms with Crippen molar-refractivity contribution < 1.29 is 33.8 Å². The van der Waals surface area contributed by atoms with Crippen LogP contribution in [0.1, 0.15) is 40.1 Å². The lowest BCUT2D eigenvalue weighted by Gasteiger charge is -2.43. The number of carbonyl (C=O) groups excluding carboxylic acids is 4. The maximum Gasteiger partial charge on any atom is 0.338 e. The normalized spacial score (nSPS) is 26.0. The summed E-state index contributed by atoms with van der Waals surface area (Å²) in [5.74, 6) is -2.43. The Kier molecular flexibility index (Phi) is 8.35. The van der Waals surface area contributed by atoms with E-state index in [4.69, 9.17) is 9.47 Å². The molecule has 3 fully saturated rings. The number of phenols is 1. The van der Waals surface area contributed by atoms with Crippen molar-refractivity contribution in [3.8, 4) is 11.5 Å². The summed E-state index contributed by atoms with van der Waals surface area (Å²) in [5, 5.41) is 13.0. The molecule has 3 amide bonds. The third-order valence-electron chi connectivity index (χ3n) is 10.2. The van der Waals surface area contributed by atoms with E-state index in [1.165, 1.54) is 17.0 Å². The molecule has 50 heavy (non-hydrogen) atoms. The molecule has 2 bridgehead atoms. The van der Waals surface area contributed by atoms with Gasteiger partial charge in [-0.05, 0) is 97.8 Å². The third-order valence-corrected chi connectivity index (χ3v) is 13.3. The van der Waals surface area contributed by atoms with Gasteiger partial charge in [0.15, 0.2) is 6.61 Å². The fourth-order valence-corrected chi connectivity index (χ4v) is 11.6. The Bertz CT molecular complexity index is 2100. The summed E-state index contributed by atoms with van der Waals surface area (Å²) < 4.78 is 12.0. The van der Waals surface area contributed by atoms with Gasteiger partial charge >= 0.3 is 10.8 Å². The number of nitrogens with one attached hydrogen (secondary N) is 2. The number of amides is 3. The number of thioether (sulfide) groups is 1. The van der Waals surface area contributed by atoms with Crippen molar-refractivity contribution >= 4 is 74.1 Å². The number of carbonyl (C=O) groups is 4. The molecule has 0 spiro atoms. The van der Waals surface area contributed by atoms with Crippen LogP contribution < -0.4 is 19.8 Å². The maximum absolute atomic E-state index is 14.2. The Hall–Kier alpha value is -4.40. The van der Waals surface area contributed by atoms with Crippen molar-refractivity contribution in [3.05, 3.63) is 96.9 Å². The minimum Gasteiger partial charge on any atom is -0.508 e. The SMILES string of the molecule is CCOC(=O)c1ccc(N2C(=O)C3C(C2=O)[C@@H]2C[C@H]3C3Sc4[nH]c(=O)sc4[C@H](c4cc(Br)ccc4OCC(=O)Nc4ccc(O)cc4)C32)cc1. The number of hydrogen-bond acceptors (Lipinski definition) is 10. The number of rotatable bonds is 8. The summed E-state index contributed by atoms with van der Waals surface area (Å²) in [7, 11) is 0. The van der Waals surface area contributed by atoms with Gasteiger partial charge in [-0.15, -0.1) is 11.8 Å². The molecule has 2 saturated carbocycles. The number of thiazole rings is 1. The van der Waals surface area contributed by atoms with Crippen molar-refractivity contribution in [1.82, 2.24) is 4.98 Å². The summed E-state index contributed by atoms with van der Waals surface area (Å²) >= 11 is 6.34. The predicted octanol–water partition coefficient (Wildman–Crippen LogP) is 5.78. The second-order valence-corrected chi connectivity index (χ2v) is 15.9. The Morgan fingerprint density at radius 2 is 1.72 bits per heavy atom. The molecule has 1 saturated heterocycles. The average Bonchev–Trinajstić information content (AvgIpc) is 3.84. The standard InChI is InChI=1S/C36H30BrN3O8S2/c1-2-47-35(45)16-3-8-19(9-4-16)40-33(43)28-22-14-23(29(28)34(40)44)30-27(22)26(31-32(49-30)39-36(46)50-31)21-13-17(37)5-12-24(21)48-15-25(42)38-18-6-10-20(41)11-7-18/h3-13,22-23,26-30,41H,2,14-15H2,1H3,(H,38,42)(H,39,46)/t22-,23-,26-,27?,28?,29?,30?/m1/s1. The van der Waals surface area contributed by atoms with Crippen molar-refractivity contribution in [1.29, 1.82) is 0 Å². The molecule has 2 aliphatic heterocycles. The summed E-state index contributed by atoms with van der Waals surface area (Å²) in [4.78, 5) is 71.1. The number of anilines is 2. The molecule has 3 N–H and O–H groups in total. The molecule has 3 heterocycles. The van der Waals surface area contributed by atoms with Crippen LogP contribution in [-0.4, -0.2) is 52.2 Å². The van der Waals surface area contributed by atoms with Gasteiger partial charge in [-0.3, -0.25) is 24.1 Å². The van der Waals surface area contributed by atoms with E-state index in [1.54, 1.807) is 61.2 Å². The third kappa shape index (κ3) is 5.44. The van der Waals surface area contributed by atoms with Gasteiger partial charge in [0.1, 0.15) is 11.5 Å². The van der Waals surface area contributed by atoms with E-state index in [2.05, 4.69) is 26.2 Å². The maximum atomic E-state index is 14.2. The lowest BCUT2D eigenvalue weighted by atomic mass is 9.68. The Balaban J connectivity index is 1.11. The lowest BCUT2D eigenvalue weighted by molar-refractivity contribution is -0.123. The van der Waals surface area contributed by atoms with Crippen LogP contribution in [0, 0.1) is 29.6 Å². The molecule has 11 nitrogen and oxygen atoms in total. The fraction of sp³-hybridized carbons (Fsp3) is 0.306. The quantitative estimate of drug-likeness (QED) is 0.115. The van der Waals surface area contributed by atoms with Crippen molar-refractivity contribution in [2.24, 2.45) is 29.6 Å². The van der Waals surface area contributed by atoms with Gasteiger partial charge in [-0.2, -0.15) is 0 Å². The Labute approximate surface area is 302 Å². The molecule has 4 aliphatic rings. The number of halogens is 1. The van der Waals surface area contributed by atoms with Gasteiger partial charge in [0, 0.05) is 31.8 Å². The molecule has 4 aromatic rings. The first-order valence-electron chi connectivity index (χ1n) is 16.2. The van der Waals surface area contributed by atoms with Gasteiger partial charge in [-0.25, -0.2) is 4.79 Å². The predicted molar refractivity (Wildman–Crippen MR) is 190 cm³/mol. The number of benzene rings is 3. The smallest absolute Gasteiger partial charge is 0.338 e. The first-order chi connectivity index (χ1) is 24.1. The number of phenolic OH excluding ortho intramolecular Hbond substituents is 1. The summed E-state index contributed by atoms with van der Waals surface area (Å²) in [6, 6.07) is 18.0. The summed E-state index contributed by atoms with van der Waals surface area (Å²) in [6.07, 6.45) is 0.708. The van der Waals surface area contributed by atoms with Crippen LogP contribution in [0.4, 0.5) is 11.4 Å². The first kappa shape index (κ1) is 32.8. The summed E-state index contributed by atoms with van der Waals surface area (Å²) in [6.45, 7) is 1.68. The molecule has 0 radical (unpaired) electrons. The molecule has 1 aromatic heterocycles. The zero-order valence-electron chi connectivity index (χ0n) is 26.5. The number of aromatic nitrogens is 1. The highest BCUT2D eigenvalue weighted by Crippen LogP contribution is 2.69. The highest BCUT2D eigenvalue weighted by atomic mass is 79.9. The highest BCUT2D eigenvalue weighted by molar-refractivity contribution is 9.10. The fourth-order valence-electron chi connectivity index (χ4n) is 8.36. The molecule has 3 aromatic carbocycles. The van der Waals surface area contributed by atoms with Gasteiger partial charge < -0.3 is 24.9 Å². The van der Waals surface area contributed by atoms with Crippen LogP contribution in [0.5, 0.6) is 11.5 Å². The largest absolute Gasteiger partial charge is 0.508 e. The number of aromatic hydroxyl groups is 1. The number of imide groups is 1. The van der Waals surface area contributed by atoms with Crippen LogP contribution >= 0.6 is 39.0 Å². The van der Waals surface area contributed by atoms with Gasteiger partial charge in [-0.1, -0.05) is 27.3 Å². The highest BCUT2D eigenvalue weighted by Gasteiger charge is 2.70. The van der Waals surface area contributed by atoms with Crippen LogP contribution in [0.25, 0.3) is 0 Å². The number of fused-ring (bicyclic) bond motifs is 9. The van der Waals surface area contributed by atoms with Crippen LogP contribution in [0.3, 0.4) is 0 Å². The average molecular weight is 777 g/mol. The molecule has 2 aliphatic carbocycles. The van der Waals surface area contributed by atoms with Crippen molar-refractivity contribution in [2.45, 2.75) is 29.5 Å². The number of hydrogen-bond donors (Lipinski definition) is 3. The number of H-pyrrole nitrogens is 1. The molecule has 8 rings (SSSR count). The lowest BCUT2D eigenvalue weighted by Crippen LogP contribution is -2.42. The zero-order valence-corrected chi connectivity index (χ0v) is 29.7. The van der Waals surface area contributed by atoms with Crippen LogP contribution in [0.15, 0.2) is 81.0 Å².